The molecule has 0 heteroatoms. The standard InChI is InChI=1S/C11H20/c1-8(2)10-5-6-11(7-10)9(3)4/h5-6,8-11H,7H2,1-4H3. The first kappa shape index (κ1) is 8.83. The zero-order valence-corrected chi connectivity index (χ0v) is 8.17. The van der Waals surface area contributed by atoms with Gasteiger partial charge in [0.15, 0.2) is 0 Å². The van der Waals surface area contributed by atoms with E-state index in [9.17, 15) is 0 Å². The molecular formula is C11H20. The predicted molar refractivity (Wildman–Crippen MR) is 50.4 cm³/mol. The van der Waals surface area contributed by atoms with Crippen molar-refractivity contribution in [2.75, 3.05) is 0 Å². The Kier molecular flexibility index (Phi) is 2.75. The monoisotopic (exact) mass is 152 g/mol. The largest absolute Gasteiger partial charge is 0.0849 e. The van der Waals surface area contributed by atoms with Crippen molar-refractivity contribution in [1.29, 1.82) is 0 Å². The fraction of sp³-hybridized carbons (Fsp3) is 0.818. The molecule has 0 bridgehead atoms. The number of rotatable bonds is 2. The molecule has 0 aliphatic heterocycles. The first-order chi connectivity index (χ1) is 5.11. The molecular weight excluding hydrogens is 132 g/mol. The van der Waals surface area contributed by atoms with Gasteiger partial charge in [-0.2, -0.15) is 0 Å². The van der Waals surface area contributed by atoms with Crippen LogP contribution >= 0.6 is 0 Å². The quantitative estimate of drug-likeness (QED) is 0.531. The molecule has 64 valence electrons. The second kappa shape index (κ2) is 3.42. The summed E-state index contributed by atoms with van der Waals surface area (Å²) in [6.45, 7) is 9.27. The third-order valence-corrected chi connectivity index (χ3v) is 2.86. The smallest absolute Gasteiger partial charge is 0.0205 e. The summed E-state index contributed by atoms with van der Waals surface area (Å²) in [5.74, 6) is 3.36. The Morgan fingerprint density at radius 3 is 1.45 bits per heavy atom. The van der Waals surface area contributed by atoms with Crippen molar-refractivity contribution < 1.29 is 0 Å². The van der Waals surface area contributed by atoms with Gasteiger partial charge in [0.1, 0.15) is 0 Å². The van der Waals surface area contributed by atoms with Crippen LogP contribution in [0, 0.1) is 23.7 Å². The van der Waals surface area contributed by atoms with E-state index in [4.69, 9.17) is 0 Å². The highest BCUT2D eigenvalue weighted by Crippen LogP contribution is 2.33. The highest BCUT2D eigenvalue weighted by molar-refractivity contribution is 5.03. The first-order valence-corrected chi connectivity index (χ1v) is 4.79. The van der Waals surface area contributed by atoms with Crippen LogP contribution < -0.4 is 0 Å². The van der Waals surface area contributed by atoms with Crippen LogP contribution in [0.5, 0.6) is 0 Å². The number of allylic oxidation sites excluding steroid dienone is 2. The molecule has 11 heavy (non-hydrogen) atoms. The van der Waals surface area contributed by atoms with Crippen molar-refractivity contribution in [3.63, 3.8) is 0 Å². The van der Waals surface area contributed by atoms with Crippen LogP contribution in [0.25, 0.3) is 0 Å². The van der Waals surface area contributed by atoms with Gasteiger partial charge in [-0.05, 0) is 30.1 Å². The van der Waals surface area contributed by atoms with E-state index >= 15 is 0 Å². The molecule has 0 aromatic heterocycles. The summed E-state index contributed by atoms with van der Waals surface area (Å²) >= 11 is 0. The van der Waals surface area contributed by atoms with Crippen LogP contribution in [0.15, 0.2) is 12.2 Å². The summed E-state index contributed by atoms with van der Waals surface area (Å²) in [7, 11) is 0. The second-order valence-electron chi connectivity index (χ2n) is 4.44. The third kappa shape index (κ3) is 2.08. The molecule has 1 aliphatic carbocycles. The lowest BCUT2D eigenvalue weighted by molar-refractivity contribution is 0.362. The molecule has 2 unspecified atom stereocenters. The van der Waals surface area contributed by atoms with Gasteiger partial charge in [0.05, 0.1) is 0 Å². The van der Waals surface area contributed by atoms with E-state index in [1.54, 1.807) is 0 Å². The number of hydrogen-bond donors (Lipinski definition) is 0. The van der Waals surface area contributed by atoms with Gasteiger partial charge in [-0.15, -0.1) is 0 Å². The number of hydrogen-bond acceptors (Lipinski definition) is 0. The minimum absolute atomic E-state index is 0.829. The van der Waals surface area contributed by atoms with Crippen LogP contribution in [0.4, 0.5) is 0 Å². The normalized spacial score (nSPS) is 30.7. The average molecular weight is 152 g/mol. The van der Waals surface area contributed by atoms with E-state index in [0.29, 0.717) is 0 Å². The molecule has 0 N–H and O–H groups in total. The van der Waals surface area contributed by atoms with Gasteiger partial charge in [-0.3, -0.25) is 0 Å². The third-order valence-electron chi connectivity index (χ3n) is 2.86. The maximum atomic E-state index is 2.41. The molecule has 0 saturated heterocycles. The van der Waals surface area contributed by atoms with E-state index < -0.39 is 0 Å². The van der Waals surface area contributed by atoms with Crippen molar-refractivity contribution in [3.8, 4) is 0 Å². The fourth-order valence-electron chi connectivity index (χ4n) is 1.75. The van der Waals surface area contributed by atoms with Crippen molar-refractivity contribution in [2.45, 2.75) is 34.1 Å². The lowest BCUT2D eigenvalue weighted by Crippen LogP contribution is -2.08. The van der Waals surface area contributed by atoms with Crippen molar-refractivity contribution >= 4 is 0 Å². The summed E-state index contributed by atoms with van der Waals surface area (Å²) in [5, 5.41) is 0. The molecule has 1 aliphatic rings. The van der Waals surface area contributed by atoms with Crippen LogP contribution in [-0.4, -0.2) is 0 Å². The van der Waals surface area contributed by atoms with Crippen molar-refractivity contribution in [2.24, 2.45) is 23.7 Å². The Labute approximate surface area is 70.7 Å². The Morgan fingerprint density at radius 1 is 0.909 bits per heavy atom. The average Bonchev–Trinajstić information content (AvgIpc) is 2.33. The Balaban J connectivity index is 2.43. The van der Waals surface area contributed by atoms with Crippen LogP contribution in [-0.2, 0) is 0 Å². The van der Waals surface area contributed by atoms with Crippen molar-refractivity contribution in [3.05, 3.63) is 12.2 Å². The van der Waals surface area contributed by atoms with Gasteiger partial charge in [0.25, 0.3) is 0 Å². The molecule has 0 saturated carbocycles. The SMILES string of the molecule is CC(C)C1C=CC(C(C)C)C1. The zero-order valence-electron chi connectivity index (χ0n) is 8.17. The van der Waals surface area contributed by atoms with Crippen LogP contribution in [0.2, 0.25) is 0 Å². The van der Waals surface area contributed by atoms with Gasteiger partial charge in [0, 0.05) is 0 Å². The molecule has 0 fully saturated rings. The lowest BCUT2D eigenvalue weighted by atomic mass is 9.88. The Morgan fingerprint density at radius 2 is 1.27 bits per heavy atom. The molecule has 0 spiro atoms. The summed E-state index contributed by atoms with van der Waals surface area (Å²) in [6, 6.07) is 0. The van der Waals surface area contributed by atoms with Crippen LogP contribution in [0.1, 0.15) is 34.1 Å². The molecule has 0 radical (unpaired) electrons. The molecule has 0 aromatic rings. The van der Waals surface area contributed by atoms with E-state index in [-0.39, 0.29) is 0 Å². The van der Waals surface area contributed by atoms with Gasteiger partial charge < -0.3 is 0 Å². The maximum absolute atomic E-state index is 2.41. The zero-order chi connectivity index (χ0) is 8.43. The maximum Gasteiger partial charge on any atom is -0.0205 e. The minimum Gasteiger partial charge on any atom is -0.0849 e. The van der Waals surface area contributed by atoms with Gasteiger partial charge in [-0.1, -0.05) is 39.8 Å². The van der Waals surface area contributed by atoms with E-state index in [1.807, 2.05) is 0 Å². The van der Waals surface area contributed by atoms with Crippen molar-refractivity contribution in [1.82, 2.24) is 0 Å². The summed E-state index contributed by atoms with van der Waals surface area (Å²) in [5.41, 5.74) is 0. The Bertz CT molecular complexity index is 126. The van der Waals surface area contributed by atoms with Gasteiger partial charge >= 0.3 is 0 Å². The van der Waals surface area contributed by atoms with E-state index in [1.165, 1.54) is 6.42 Å². The summed E-state index contributed by atoms with van der Waals surface area (Å²) in [4.78, 5) is 0. The fourth-order valence-corrected chi connectivity index (χ4v) is 1.75. The molecule has 2 atom stereocenters. The predicted octanol–water partition coefficient (Wildman–Crippen LogP) is 3.49. The highest BCUT2D eigenvalue weighted by Gasteiger charge is 2.22. The topological polar surface area (TPSA) is 0 Å². The summed E-state index contributed by atoms with van der Waals surface area (Å²) in [6.07, 6.45) is 6.21. The second-order valence-corrected chi connectivity index (χ2v) is 4.44. The van der Waals surface area contributed by atoms with E-state index in [0.717, 1.165) is 23.7 Å². The highest BCUT2D eigenvalue weighted by atomic mass is 14.3. The molecule has 0 nitrogen and oxygen atoms in total. The van der Waals surface area contributed by atoms with E-state index in [2.05, 4.69) is 39.8 Å². The first-order valence-electron chi connectivity index (χ1n) is 4.79. The van der Waals surface area contributed by atoms with Gasteiger partial charge in [-0.25, -0.2) is 0 Å². The molecule has 0 aromatic carbocycles. The Hall–Kier alpha value is -0.260. The lowest BCUT2D eigenvalue weighted by Gasteiger charge is -2.17. The molecule has 0 heterocycles. The minimum atomic E-state index is 0.829. The molecule has 1 rings (SSSR count). The van der Waals surface area contributed by atoms with Crippen LogP contribution in [0.3, 0.4) is 0 Å². The van der Waals surface area contributed by atoms with Gasteiger partial charge in [0.2, 0.25) is 0 Å². The summed E-state index contributed by atoms with van der Waals surface area (Å²) < 4.78 is 0. The molecule has 0 amide bonds.